The number of halogens is 1. The summed E-state index contributed by atoms with van der Waals surface area (Å²) in [6.45, 7) is 3.29. The van der Waals surface area contributed by atoms with Crippen LogP contribution in [0.2, 0.25) is 5.02 Å². The van der Waals surface area contributed by atoms with Gasteiger partial charge in [0.25, 0.3) is 5.56 Å². The number of nitrogens with one attached hydrogen (secondary N) is 1. The van der Waals surface area contributed by atoms with Gasteiger partial charge in [0.05, 0.1) is 18.8 Å². The zero-order chi connectivity index (χ0) is 19.7. The normalized spacial score (nSPS) is 10.8. The lowest BCUT2D eigenvalue weighted by Crippen LogP contribution is -2.28. The van der Waals surface area contributed by atoms with Crippen molar-refractivity contribution in [2.75, 3.05) is 12.4 Å². The van der Waals surface area contributed by atoms with E-state index in [0.717, 1.165) is 16.9 Å². The number of methoxy groups -OCH3 is 1. The number of esters is 1. The van der Waals surface area contributed by atoms with Crippen LogP contribution in [0, 0.1) is 13.8 Å². The highest BCUT2D eigenvalue weighted by Crippen LogP contribution is 2.27. The summed E-state index contributed by atoms with van der Waals surface area (Å²) in [4.78, 5) is 41.9. The Balaban J connectivity index is 1.91. The maximum absolute atomic E-state index is 12.8. The first kappa shape index (κ1) is 19.1. The molecule has 1 N–H and O–H groups in total. The van der Waals surface area contributed by atoms with Gasteiger partial charge in [-0.15, -0.1) is 11.3 Å². The molecule has 0 aliphatic carbocycles. The molecule has 0 atom stereocenters. The minimum atomic E-state index is -0.518. The second-order valence-corrected chi connectivity index (χ2v) is 7.35. The molecule has 1 aromatic carbocycles. The van der Waals surface area contributed by atoms with Crippen molar-refractivity contribution in [3.05, 3.63) is 55.9 Å². The molecule has 0 aliphatic rings. The van der Waals surface area contributed by atoms with Crippen LogP contribution in [0.25, 0.3) is 10.2 Å². The molecule has 2 heterocycles. The van der Waals surface area contributed by atoms with Crippen LogP contribution in [-0.2, 0) is 16.1 Å². The highest BCUT2D eigenvalue weighted by Gasteiger charge is 2.20. The third kappa shape index (κ3) is 3.72. The molecule has 140 valence electrons. The van der Waals surface area contributed by atoms with Crippen molar-refractivity contribution >= 4 is 50.7 Å². The molecule has 0 saturated carbocycles. The minimum absolute atomic E-state index is 0.212. The molecule has 0 bridgehead atoms. The fourth-order valence-corrected chi connectivity index (χ4v) is 3.86. The van der Waals surface area contributed by atoms with Crippen LogP contribution >= 0.6 is 22.9 Å². The Labute approximate surface area is 163 Å². The molecule has 0 fully saturated rings. The Bertz CT molecular complexity index is 1120. The van der Waals surface area contributed by atoms with Gasteiger partial charge in [-0.05, 0) is 37.1 Å². The van der Waals surface area contributed by atoms with Gasteiger partial charge in [0, 0.05) is 10.7 Å². The first-order chi connectivity index (χ1) is 12.8. The Morgan fingerprint density at radius 2 is 2.07 bits per heavy atom. The van der Waals surface area contributed by atoms with Crippen molar-refractivity contribution in [2.45, 2.75) is 20.4 Å². The van der Waals surface area contributed by atoms with E-state index in [1.165, 1.54) is 18.0 Å². The summed E-state index contributed by atoms with van der Waals surface area (Å²) in [6, 6.07) is 5.17. The zero-order valence-electron chi connectivity index (χ0n) is 14.8. The van der Waals surface area contributed by atoms with Crippen molar-refractivity contribution in [2.24, 2.45) is 0 Å². The molecule has 0 spiro atoms. The summed E-state index contributed by atoms with van der Waals surface area (Å²) in [5.41, 5.74) is 1.54. The number of carbonyl (C=O) groups excluding carboxylic acids is 2. The largest absolute Gasteiger partial charge is 0.465 e. The standard InChI is InChI=1S/C18H16ClN3O4S/c1-9-4-5-11(19)6-12(9)21-13(23)7-22-8-20-16-14(17(22)24)10(2)15(27-16)18(25)26-3/h4-6,8H,7H2,1-3H3,(H,21,23). The third-order valence-electron chi connectivity index (χ3n) is 4.08. The highest BCUT2D eigenvalue weighted by atomic mass is 35.5. The average molecular weight is 406 g/mol. The quantitative estimate of drug-likeness (QED) is 0.673. The summed E-state index contributed by atoms with van der Waals surface area (Å²) >= 11 is 7.05. The van der Waals surface area contributed by atoms with Gasteiger partial charge < -0.3 is 10.1 Å². The lowest BCUT2D eigenvalue weighted by molar-refractivity contribution is -0.116. The number of amides is 1. The minimum Gasteiger partial charge on any atom is -0.465 e. The van der Waals surface area contributed by atoms with E-state index in [-0.39, 0.29) is 18.0 Å². The molecule has 0 radical (unpaired) electrons. The molecule has 3 rings (SSSR count). The van der Waals surface area contributed by atoms with E-state index < -0.39 is 5.97 Å². The van der Waals surface area contributed by atoms with Gasteiger partial charge in [0.1, 0.15) is 16.3 Å². The summed E-state index contributed by atoms with van der Waals surface area (Å²) in [5.74, 6) is -0.902. The van der Waals surface area contributed by atoms with Crippen LogP contribution < -0.4 is 10.9 Å². The fourth-order valence-electron chi connectivity index (χ4n) is 2.63. The highest BCUT2D eigenvalue weighted by molar-refractivity contribution is 7.20. The van der Waals surface area contributed by atoms with Crippen molar-refractivity contribution in [1.82, 2.24) is 9.55 Å². The maximum atomic E-state index is 12.8. The topological polar surface area (TPSA) is 90.3 Å². The van der Waals surface area contributed by atoms with Gasteiger partial charge in [-0.3, -0.25) is 14.2 Å². The van der Waals surface area contributed by atoms with Crippen LogP contribution in [0.5, 0.6) is 0 Å². The molecule has 0 aliphatic heterocycles. The van der Waals surface area contributed by atoms with E-state index in [1.807, 2.05) is 6.92 Å². The van der Waals surface area contributed by atoms with E-state index in [1.54, 1.807) is 25.1 Å². The maximum Gasteiger partial charge on any atom is 0.348 e. The van der Waals surface area contributed by atoms with E-state index in [2.05, 4.69) is 10.3 Å². The third-order valence-corrected chi connectivity index (χ3v) is 5.49. The molecule has 27 heavy (non-hydrogen) atoms. The Kier molecular flexibility index (Phi) is 5.29. The summed E-state index contributed by atoms with van der Waals surface area (Å²) < 4.78 is 5.94. The molecule has 0 unspecified atom stereocenters. The number of hydrogen-bond donors (Lipinski definition) is 1. The van der Waals surface area contributed by atoms with Crippen LogP contribution in [-0.4, -0.2) is 28.5 Å². The number of fused-ring (bicyclic) bond motifs is 1. The van der Waals surface area contributed by atoms with Gasteiger partial charge in [-0.1, -0.05) is 17.7 Å². The lowest BCUT2D eigenvalue weighted by Gasteiger charge is -2.10. The van der Waals surface area contributed by atoms with Crippen LogP contribution in [0.4, 0.5) is 5.69 Å². The molecule has 1 amide bonds. The number of hydrogen-bond acceptors (Lipinski definition) is 6. The number of ether oxygens (including phenoxy) is 1. The Morgan fingerprint density at radius 3 is 2.78 bits per heavy atom. The number of rotatable bonds is 4. The smallest absolute Gasteiger partial charge is 0.348 e. The summed E-state index contributed by atoms with van der Waals surface area (Å²) in [6.07, 6.45) is 1.30. The lowest BCUT2D eigenvalue weighted by atomic mass is 10.2. The summed E-state index contributed by atoms with van der Waals surface area (Å²) in [5, 5.41) is 3.55. The average Bonchev–Trinajstić information content (AvgIpc) is 2.97. The SMILES string of the molecule is COC(=O)c1sc2ncn(CC(=O)Nc3cc(Cl)ccc3C)c(=O)c2c1C. The number of nitrogens with zero attached hydrogens (tertiary/aromatic N) is 2. The fraction of sp³-hybridized carbons (Fsp3) is 0.222. The number of thiophene rings is 1. The first-order valence-corrected chi connectivity index (χ1v) is 9.14. The number of aryl methyl sites for hydroxylation is 2. The molecular weight excluding hydrogens is 390 g/mol. The van der Waals surface area contributed by atoms with Crippen molar-refractivity contribution in [1.29, 1.82) is 0 Å². The van der Waals surface area contributed by atoms with Gasteiger partial charge >= 0.3 is 5.97 Å². The predicted molar refractivity (Wildman–Crippen MR) is 105 cm³/mol. The van der Waals surface area contributed by atoms with Crippen LogP contribution in [0.15, 0.2) is 29.3 Å². The zero-order valence-corrected chi connectivity index (χ0v) is 16.4. The number of carbonyl (C=O) groups is 2. The first-order valence-electron chi connectivity index (χ1n) is 7.94. The Morgan fingerprint density at radius 1 is 1.33 bits per heavy atom. The molecule has 0 saturated heterocycles. The molecule has 3 aromatic rings. The molecule has 2 aromatic heterocycles. The van der Waals surface area contributed by atoms with Gasteiger partial charge in [-0.25, -0.2) is 9.78 Å². The number of aromatic nitrogens is 2. The number of anilines is 1. The Hall–Kier alpha value is -2.71. The number of benzene rings is 1. The van der Waals surface area contributed by atoms with E-state index >= 15 is 0 Å². The van der Waals surface area contributed by atoms with Crippen molar-refractivity contribution in [3.63, 3.8) is 0 Å². The van der Waals surface area contributed by atoms with Gasteiger partial charge in [0.2, 0.25) is 5.91 Å². The van der Waals surface area contributed by atoms with Crippen molar-refractivity contribution in [3.8, 4) is 0 Å². The van der Waals surface area contributed by atoms with Gasteiger partial charge in [0.15, 0.2) is 0 Å². The van der Waals surface area contributed by atoms with E-state index in [9.17, 15) is 14.4 Å². The van der Waals surface area contributed by atoms with Crippen LogP contribution in [0.3, 0.4) is 0 Å². The second kappa shape index (κ2) is 7.50. The summed E-state index contributed by atoms with van der Waals surface area (Å²) in [7, 11) is 1.28. The molecule has 7 nitrogen and oxygen atoms in total. The van der Waals surface area contributed by atoms with Gasteiger partial charge in [-0.2, -0.15) is 0 Å². The second-order valence-electron chi connectivity index (χ2n) is 5.91. The monoisotopic (exact) mass is 405 g/mol. The molecular formula is C18H16ClN3O4S. The van der Waals surface area contributed by atoms with Crippen LogP contribution in [0.1, 0.15) is 20.8 Å². The predicted octanol–water partition coefficient (Wildman–Crippen LogP) is 3.15. The molecule has 9 heteroatoms. The van der Waals surface area contributed by atoms with E-state index in [0.29, 0.717) is 31.4 Å². The van der Waals surface area contributed by atoms with Crippen molar-refractivity contribution < 1.29 is 14.3 Å². The van der Waals surface area contributed by atoms with E-state index in [4.69, 9.17) is 16.3 Å².